The van der Waals surface area contributed by atoms with Crippen molar-refractivity contribution in [2.75, 3.05) is 19.6 Å². The van der Waals surface area contributed by atoms with Gasteiger partial charge in [-0.3, -0.25) is 34.3 Å². The molecule has 0 spiro atoms. The summed E-state index contributed by atoms with van der Waals surface area (Å²) in [5.74, 6) is -3.81. The molecule has 0 aromatic heterocycles. The zero-order chi connectivity index (χ0) is 31.3. The standard InChI is InChI=1S/C16H24N2O5.C6H14N4O2.C2H5NO2/c1-11(2)10-12(16(22)23)17-13(19)6-4-3-5-9-18-14(20)7-8-15(18)21;7-4(5(11)12)2-1-3-10-6(8)9;3-1-2(4)5/h7-8,11-12H,3-6,9-10H2,1-2H3,(H,17,19)(H,22,23);4H,1-3,7H2,(H,11,12)(H4,8,9,10);1,3H2,(H,4,5). The third-order valence-corrected chi connectivity index (χ3v) is 5.03. The van der Waals surface area contributed by atoms with Gasteiger partial charge in [-0.25, -0.2) is 4.79 Å². The first-order valence-electron chi connectivity index (χ1n) is 12.7. The van der Waals surface area contributed by atoms with E-state index in [1.54, 1.807) is 0 Å². The molecule has 3 amide bonds. The van der Waals surface area contributed by atoms with E-state index in [9.17, 15) is 28.8 Å². The van der Waals surface area contributed by atoms with Crippen LogP contribution in [0.5, 0.6) is 0 Å². The SMILES string of the molecule is CC(C)CC(NC(=O)CCCCCN1C(=O)C=CC1=O)C(=O)O.N=C(N)NCCCC(N)C(=O)O.NCC(=O)O. The molecule has 16 nitrogen and oxygen atoms in total. The number of aliphatic carboxylic acids is 3. The van der Waals surface area contributed by atoms with E-state index in [4.69, 9.17) is 32.2 Å². The lowest BCUT2D eigenvalue weighted by Crippen LogP contribution is -2.41. The van der Waals surface area contributed by atoms with E-state index in [1.807, 2.05) is 13.8 Å². The van der Waals surface area contributed by atoms with Crippen LogP contribution >= 0.6 is 0 Å². The van der Waals surface area contributed by atoms with Gasteiger partial charge in [0.05, 0.1) is 6.54 Å². The molecular weight excluding hydrogens is 530 g/mol. The number of guanidine groups is 1. The number of carbonyl (C=O) groups is 6. The molecule has 12 N–H and O–H groups in total. The minimum atomic E-state index is -1.02. The Morgan fingerprint density at radius 3 is 1.95 bits per heavy atom. The summed E-state index contributed by atoms with van der Waals surface area (Å²) < 4.78 is 0. The van der Waals surface area contributed by atoms with E-state index >= 15 is 0 Å². The molecule has 40 heavy (non-hydrogen) atoms. The molecule has 2 atom stereocenters. The third-order valence-electron chi connectivity index (χ3n) is 5.03. The number of nitrogens with two attached hydrogens (primary N) is 3. The second kappa shape index (κ2) is 21.8. The molecule has 2 unspecified atom stereocenters. The van der Waals surface area contributed by atoms with Crippen LogP contribution in [0.15, 0.2) is 12.2 Å². The van der Waals surface area contributed by atoms with Crippen molar-refractivity contribution in [1.29, 1.82) is 5.41 Å². The molecule has 0 saturated heterocycles. The van der Waals surface area contributed by atoms with Crippen LogP contribution in [0.4, 0.5) is 0 Å². The lowest BCUT2D eigenvalue weighted by molar-refractivity contribution is -0.142. The van der Waals surface area contributed by atoms with Gasteiger partial charge in [0.2, 0.25) is 5.91 Å². The molecular formula is C24H43N7O9. The lowest BCUT2D eigenvalue weighted by Gasteiger charge is -2.16. The van der Waals surface area contributed by atoms with Gasteiger partial charge in [-0.2, -0.15) is 0 Å². The maximum atomic E-state index is 11.8. The fourth-order valence-corrected chi connectivity index (χ4v) is 3.01. The molecule has 0 radical (unpaired) electrons. The molecule has 1 aliphatic heterocycles. The van der Waals surface area contributed by atoms with Crippen LogP contribution in [-0.4, -0.2) is 93.5 Å². The second-order valence-electron chi connectivity index (χ2n) is 9.09. The summed E-state index contributed by atoms with van der Waals surface area (Å²) in [5, 5.41) is 36.9. The van der Waals surface area contributed by atoms with Crippen molar-refractivity contribution >= 4 is 41.6 Å². The predicted molar refractivity (Wildman–Crippen MR) is 145 cm³/mol. The third kappa shape index (κ3) is 20.9. The Hall–Kier alpha value is -4.05. The minimum absolute atomic E-state index is 0.112. The van der Waals surface area contributed by atoms with Crippen LogP contribution in [0.1, 0.15) is 58.8 Å². The molecule has 1 aliphatic rings. The van der Waals surface area contributed by atoms with Crippen LogP contribution in [-0.2, 0) is 28.8 Å². The highest BCUT2D eigenvalue weighted by Crippen LogP contribution is 2.09. The van der Waals surface area contributed by atoms with Gasteiger partial charge in [0.15, 0.2) is 5.96 Å². The van der Waals surface area contributed by atoms with E-state index < -0.39 is 30.0 Å². The minimum Gasteiger partial charge on any atom is -0.480 e. The fraction of sp³-hybridized carbons (Fsp3) is 0.625. The number of carbonyl (C=O) groups excluding carboxylic acids is 3. The van der Waals surface area contributed by atoms with E-state index in [1.165, 1.54) is 17.1 Å². The number of hydrogen-bond donors (Lipinski definition) is 9. The number of carboxylic acids is 3. The summed E-state index contributed by atoms with van der Waals surface area (Å²) in [6.07, 6.45) is 6.00. The molecule has 1 heterocycles. The molecule has 1 rings (SSSR count). The van der Waals surface area contributed by atoms with Crippen molar-refractivity contribution in [3.8, 4) is 0 Å². The lowest BCUT2D eigenvalue weighted by atomic mass is 10.0. The quantitative estimate of drug-likeness (QED) is 0.0453. The predicted octanol–water partition coefficient (Wildman–Crippen LogP) is -1.22. The van der Waals surface area contributed by atoms with Crippen LogP contribution in [0.25, 0.3) is 0 Å². The van der Waals surface area contributed by atoms with Crippen LogP contribution in [0, 0.1) is 11.3 Å². The van der Waals surface area contributed by atoms with Crippen LogP contribution < -0.4 is 27.8 Å². The van der Waals surface area contributed by atoms with Crippen molar-refractivity contribution in [1.82, 2.24) is 15.5 Å². The number of rotatable bonds is 16. The number of carboxylic acid groups (broad SMARTS) is 3. The summed E-state index contributed by atoms with van der Waals surface area (Å²) in [5.41, 5.74) is 14.8. The second-order valence-corrected chi connectivity index (χ2v) is 9.09. The Kier molecular flexibility index (Phi) is 20.8. The number of amides is 3. The Bertz CT molecular complexity index is 876. The zero-order valence-corrected chi connectivity index (χ0v) is 22.9. The highest BCUT2D eigenvalue weighted by molar-refractivity contribution is 6.12. The first-order chi connectivity index (χ1) is 18.6. The summed E-state index contributed by atoms with van der Waals surface area (Å²) in [4.78, 5) is 66.1. The summed E-state index contributed by atoms with van der Waals surface area (Å²) in [6, 6.07) is -1.67. The largest absolute Gasteiger partial charge is 0.480 e. The van der Waals surface area contributed by atoms with Crippen molar-refractivity contribution in [2.45, 2.75) is 70.9 Å². The van der Waals surface area contributed by atoms with E-state index in [0.29, 0.717) is 51.6 Å². The molecule has 16 heteroatoms. The Morgan fingerprint density at radius 2 is 1.52 bits per heavy atom. The number of unbranched alkanes of at least 4 members (excludes halogenated alkanes) is 2. The van der Waals surface area contributed by atoms with Gasteiger partial charge in [-0.05, 0) is 38.0 Å². The molecule has 0 bridgehead atoms. The number of imide groups is 1. The maximum Gasteiger partial charge on any atom is 0.326 e. The van der Waals surface area contributed by atoms with Gasteiger partial charge < -0.3 is 43.2 Å². The van der Waals surface area contributed by atoms with E-state index in [-0.39, 0.29) is 42.6 Å². The molecule has 0 aliphatic carbocycles. The van der Waals surface area contributed by atoms with E-state index in [0.717, 1.165) is 0 Å². The highest BCUT2D eigenvalue weighted by Gasteiger charge is 2.23. The Balaban J connectivity index is 0. The van der Waals surface area contributed by atoms with Crippen molar-refractivity contribution in [2.24, 2.45) is 23.1 Å². The maximum absolute atomic E-state index is 11.8. The highest BCUT2D eigenvalue weighted by atomic mass is 16.4. The number of nitrogens with zero attached hydrogens (tertiary/aromatic N) is 1. The fourth-order valence-electron chi connectivity index (χ4n) is 3.01. The number of hydrogen-bond acceptors (Lipinski definition) is 9. The van der Waals surface area contributed by atoms with Gasteiger partial charge >= 0.3 is 17.9 Å². The van der Waals surface area contributed by atoms with Gasteiger partial charge in [0.1, 0.15) is 12.1 Å². The first kappa shape index (κ1) is 38.1. The first-order valence-corrected chi connectivity index (χ1v) is 12.7. The summed E-state index contributed by atoms with van der Waals surface area (Å²) in [7, 11) is 0. The Morgan fingerprint density at radius 1 is 0.975 bits per heavy atom. The van der Waals surface area contributed by atoms with Crippen molar-refractivity contribution < 1.29 is 44.1 Å². The van der Waals surface area contributed by atoms with Crippen LogP contribution in [0.3, 0.4) is 0 Å². The topological polar surface area (TPSA) is 292 Å². The zero-order valence-electron chi connectivity index (χ0n) is 22.9. The number of nitrogens with one attached hydrogen (secondary N) is 3. The molecule has 0 fully saturated rings. The van der Waals surface area contributed by atoms with Crippen molar-refractivity contribution in [3.05, 3.63) is 12.2 Å². The van der Waals surface area contributed by atoms with Gasteiger partial charge in [0.25, 0.3) is 11.8 Å². The molecule has 0 aromatic rings. The molecule has 228 valence electrons. The molecule has 0 saturated carbocycles. The van der Waals surface area contributed by atoms with Crippen LogP contribution in [0.2, 0.25) is 0 Å². The average molecular weight is 574 g/mol. The normalized spacial score (nSPS) is 13.4. The van der Waals surface area contributed by atoms with Crippen molar-refractivity contribution in [3.63, 3.8) is 0 Å². The molecule has 0 aromatic carbocycles. The van der Waals surface area contributed by atoms with E-state index in [2.05, 4.69) is 16.4 Å². The summed E-state index contributed by atoms with van der Waals surface area (Å²) >= 11 is 0. The monoisotopic (exact) mass is 573 g/mol. The van der Waals surface area contributed by atoms with Gasteiger partial charge in [-0.15, -0.1) is 0 Å². The van der Waals surface area contributed by atoms with Gasteiger partial charge in [-0.1, -0.05) is 20.3 Å². The Labute approximate surface area is 232 Å². The van der Waals surface area contributed by atoms with Gasteiger partial charge in [0, 0.05) is 31.7 Å². The summed E-state index contributed by atoms with van der Waals surface area (Å²) in [6.45, 7) is 4.35. The smallest absolute Gasteiger partial charge is 0.326 e. The average Bonchev–Trinajstić information content (AvgIpc) is 3.18.